The molecule has 0 aliphatic carbocycles. The van der Waals surface area contributed by atoms with Crippen LogP contribution in [0.4, 0.5) is 9.59 Å². The first-order chi connectivity index (χ1) is 19.1. The van der Waals surface area contributed by atoms with Crippen LogP contribution in [0.25, 0.3) is 0 Å². The molecule has 0 spiro atoms. The number of hydrogen-bond acceptors (Lipinski definition) is 6. The van der Waals surface area contributed by atoms with E-state index in [0.29, 0.717) is 17.6 Å². The zero-order valence-electron chi connectivity index (χ0n) is 27.4. The van der Waals surface area contributed by atoms with Gasteiger partial charge in [0.05, 0.1) is 34.8 Å². The minimum atomic E-state index is -1.06. The van der Waals surface area contributed by atoms with Gasteiger partial charge < -0.3 is 37.9 Å². The molecule has 0 heterocycles. The summed E-state index contributed by atoms with van der Waals surface area (Å²) in [5.41, 5.74) is 0. The molecule has 0 aliphatic heterocycles. The van der Waals surface area contributed by atoms with E-state index in [1.54, 1.807) is 6.92 Å². The van der Waals surface area contributed by atoms with Gasteiger partial charge in [-0.25, -0.2) is 14.5 Å². The second-order valence-corrected chi connectivity index (χ2v) is 11.9. The third-order valence-electron chi connectivity index (χ3n) is 7.04. The molecule has 3 amide bonds. The molecule has 9 nitrogen and oxygen atoms in total. The van der Waals surface area contributed by atoms with Crippen LogP contribution in [0, 0.1) is 0 Å². The van der Waals surface area contributed by atoms with Crippen molar-refractivity contribution in [3.8, 4) is 0 Å². The first-order valence-electron chi connectivity index (χ1n) is 15.9. The van der Waals surface area contributed by atoms with Gasteiger partial charge in [-0.3, -0.25) is 9.63 Å². The van der Waals surface area contributed by atoms with Crippen LogP contribution in [-0.2, 0) is 19.1 Å². The van der Waals surface area contributed by atoms with Gasteiger partial charge in [0.15, 0.2) is 6.23 Å². The number of carbonyl (C=O) groups excluding carboxylic acids is 3. The quantitative estimate of drug-likeness (QED) is 0.0479. The van der Waals surface area contributed by atoms with Crippen molar-refractivity contribution in [1.29, 1.82) is 0 Å². The Balaban J connectivity index is 0. The van der Waals surface area contributed by atoms with Gasteiger partial charge in [0.2, 0.25) is 5.91 Å². The van der Waals surface area contributed by atoms with E-state index in [4.69, 9.17) is 14.3 Å². The summed E-state index contributed by atoms with van der Waals surface area (Å²) in [5.74, 6) is -0.545. The predicted octanol–water partition coefficient (Wildman–Crippen LogP) is 4.68. The highest BCUT2D eigenvalue weighted by molar-refractivity contribution is 5.91. The van der Waals surface area contributed by atoms with Crippen LogP contribution in [0.3, 0.4) is 0 Å². The predicted molar refractivity (Wildman–Crippen MR) is 161 cm³/mol. The molecule has 244 valence electrons. The Bertz CT molecular complexity index is 675. The number of unbranched alkanes of at least 4 members (excludes halogenated alkanes) is 15. The van der Waals surface area contributed by atoms with E-state index in [-0.39, 0.29) is 37.0 Å². The molecule has 0 rings (SSSR count). The molecule has 1 atom stereocenters. The minimum absolute atomic E-state index is 0. The smallest absolute Gasteiger partial charge is 0.435 e. The molecule has 0 aromatic heterocycles. The van der Waals surface area contributed by atoms with Gasteiger partial charge in [-0.2, -0.15) is 5.06 Å². The number of quaternary nitrogens is 1. The molecule has 10 heteroatoms. The van der Waals surface area contributed by atoms with E-state index in [0.717, 1.165) is 29.2 Å². The number of hydrogen-bond donors (Lipinski definition) is 0. The van der Waals surface area contributed by atoms with Crippen molar-refractivity contribution in [2.24, 2.45) is 0 Å². The number of amides is 3. The first kappa shape index (κ1) is 42.0. The molecule has 0 radical (unpaired) electrons. The Kier molecular flexibility index (Phi) is 27.1. The van der Waals surface area contributed by atoms with E-state index in [2.05, 4.69) is 6.92 Å². The SMILES string of the molecule is CCCCCCCCCCCCCCCCCCN(OC)C(=O)OC(CC)N(C(C)=O)C(=O)OCC[N+](C)(C)C.[I-]. The maximum atomic E-state index is 12.7. The molecule has 0 aromatic rings. The van der Waals surface area contributed by atoms with Gasteiger partial charge in [-0.1, -0.05) is 110 Å². The summed E-state index contributed by atoms with van der Waals surface area (Å²) in [6.07, 6.45) is 18.1. The summed E-state index contributed by atoms with van der Waals surface area (Å²) in [7, 11) is 7.35. The molecular weight excluding hydrogens is 637 g/mol. The van der Waals surface area contributed by atoms with Crippen LogP contribution in [0.1, 0.15) is 130 Å². The topological polar surface area (TPSA) is 85.4 Å². The molecule has 0 N–H and O–H groups in total. The van der Waals surface area contributed by atoms with Gasteiger partial charge in [-0.15, -0.1) is 0 Å². The lowest BCUT2D eigenvalue weighted by Gasteiger charge is -2.30. The number of ether oxygens (including phenoxy) is 2. The molecule has 0 fully saturated rings. The van der Waals surface area contributed by atoms with Gasteiger partial charge in [0.25, 0.3) is 0 Å². The lowest BCUT2D eigenvalue weighted by Crippen LogP contribution is -3.00. The van der Waals surface area contributed by atoms with Crippen molar-refractivity contribution in [2.45, 2.75) is 136 Å². The average molecular weight is 700 g/mol. The maximum absolute atomic E-state index is 12.7. The highest BCUT2D eigenvalue weighted by Gasteiger charge is 2.32. The van der Waals surface area contributed by atoms with E-state index >= 15 is 0 Å². The summed E-state index contributed by atoms with van der Waals surface area (Å²) in [5, 5.41) is 1.15. The fourth-order valence-electron chi connectivity index (χ4n) is 4.48. The van der Waals surface area contributed by atoms with Gasteiger partial charge in [-0.05, 0) is 6.42 Å². The van der Waals surface area contributed by atoms with E-state index < -0.39 is 24.3 Å². The molecule has 0 aromatic carbocycles. The Labute approximate surface area is 268 Å². The number of likely N-dealkylation sites (N-methyl/N-ethyl adjacent to an activating group) is 1. The molecule has 0 saturated carbocycles. The fourth-order valence-corrected chi connectivity index (χ4v) is 4.48. The Morgan fingerprint density at radius 2 is 1.15 bits per heavy atom. The number of carbonyl (C=O) groups is 3. The second-order valence-electron chi connectivity index (χ2n) is 11.9. The van der Waals surface area contributed by atoms with Crippen molar-refractivity contribution in [1.82, 2.24) is 9.96 Å². The molecule has 41 heavy (non-hydrogen) atoms. The summed E-state index contributed by atoms with van der Waals surface area (Å²) >= 11 is 0. The number of imide groups is 1. The summed E-state index contributed by atoms with van der Waals surface area (Å²) in [4.78, 5) is 43.6. The number of halogens is 1. The molecule has 0 aliphatic rings. The second kappa shape index (κ2) is 26.5. The van der Waals surface area contributed by atoms with E-state index in [1.807, 2.05) is 21.1 Å². The van der Waals surface area contributed by atoms with Gasteiger partial charge >= 0.3 is 12.2 Å². The van der Waals surface area contributed by atoms with Crippen molar-refractivity contribution in [3.63, 3.8) is 0 Å². The Hall–Kier alpha value is -1.14. The Morgan fingerprint density at radius 3 is 1.51 bits per heavy atom. The summed E-state index contributed by atoms with van der Waals surface area (Å²) in [6.45, 7) is 6.38. The third-order valence-corrected chi connectivity index (χ3v) is 7.04. The van der Waals surface area contributed by atoms with Crippen molar-refractivity contribution in [3.05, 3.63) is 0 Å². The molecule has 0 bridgehead atoms. The average Bonchev–Trinajstić information content (AvgIpc) is 2.89. The van der Waals surface area contributed by atoms with E-state index in [1.165, 1.54) is 97.5 Å². The molecule has 1 unspecified atom stereocenters. The lowest BCUT2D eigenvalue weighted by atomic mass is 10.0. The van der Waals surface area contributed by atoms with Gasteiger partial charge in [0.1, 0.15) is 13.2 Å². The summed E-state index contributed by atoms with van der Waals surface area (Å²) in [6, 6.07) is 0. The highest BCUT2D eigenvalue weighted by Crippen LogP contribution is 2.15. The minimum Gasteiger partial charge on any atom is -1.00 e. The fraction of sp³-hybridized carbons (Fsp3) is 0.903. The van der Waals surface area contributed by atoms with Gasteiger partial charge in [0, 0.05) is 13.3 Å². The number of rotatable bonds is 24. The van der Waals surface area contributed by atoms with Crippen LogP contribution < -0.4 is 24.0 Å². The van der Waals surface area contributed by atoms with Crippen LogP contribution >= 0.6 is 0 Å². The van der Waals surface area contributed by atoms with Crippen LogP contribution in [0.15, 0.2) is 0 Å². The van der Waals surface area contributed by atoms with Crippen LogP contribution in [0.5, 0.6) is 0 Å². The highest BCUT2D eigenvalue weighted by atomic mass is 127. The van der Waals surface area contributed by atoms with E-state index in [9.17, 15) is 14.4 Å². The first-order valence-corrected chi connectivity index (χ1v) is 15.9. The largest absolute Gasteiger partial charge is 1.00 e. The normalized spacial score (nSPS) is 11.9. The standard InChI is InChI=1S/C31H62N3O6.HI/c1-8-10-11-12-13-14-15-16-17-18-19-20-21-22-23-24-25-32(38-7)30(36)40-29(9-2)33(28(3)35)31(37)39-27-26-34(4,5)6;/h29H,8-27H2,1-7H3;1H/q+1;/p-1. The zero-order chi connectivity index (χ0) is 30.2. The number of hydroxylamine groups is 2. The lowest BCUT2D eigenvalue weighted by molar-refractivity contribution is -0.870. The molecular formula is C31H62IN3O6. The van der Waals surface area contributed by atoms with Crippen molar-refractivity contribution < 1.29 is 57.2 Å². The number of nitrogens with zero attached hydrogens (tertiary/aromatic N) is 3. The zero-order valence-corrected chi connectivity index (χ0v) is 29.5. The van der Waals surface area contributed by atoms with Crippen LogP contribution in [0.2, 0.25) is 0 Å². The van der Waals surface area contributed by atoms with Crippen molar-refractivity contribution in [2.75, 3.05) is 47.9 Å². The Morgan fingerprint density at radius 1 is 0.707 bits per heavy atom. The summed E-state index contributed by atoms with van der Waals surface area (Å²) < 4.78 is 11.4. The van der Waals surface area contributed by atoms with Crippen molar-refractivity contribution >= 4 is 18.1 Å². The monoisotopic (exact) mass is 699 g/mol. The van der Waals surface area contributed by atoms with Crippen LogP contribution in [-0.4, -0.2) is 86.7 Å². The third kappa shape index (κ3) is 23.0. The molecule has 0 saturated heterocycles. The maximum Gasteiger partial charge on any atom is 0.435 e.